The highest BCUT2D eigenvalue weighted by Gasteiger charge is 2.29. The van der Waals surface area contributed by atoms with Crippen molar-refractivity contribution in [3.63, 3.8) is 0 Å². The summed E-state index contributed by atoms with van der Waals surface area (Å²) in [6.45, 7) is 0.388. The average Bonchev–Trinajstić information content (AvgIpc) is 2.38. The number of nitrogens with one attached hydrogen (secondary N) is 1. The number of rotatable bonds is 4. The molecule has 120 valence electrons. The van der Waals surface area contributed by atoms with Crippen molar-refractivity contribution in [2.75, 3.05) is 6.54 Å². The molecular weight excluding hydrogens is 322 g/mol. The molecular formula is C13H19ClF2N2O2S. The van der Waals surface area contributed by atoms with Crippen LogP contribution in [0.25, 0.3) is 0 Å². The Kier molecular flexibility index (Phi) is 6.52. The Labute approximate surface area is 129 Å². The topological polar surface area (TPSA) is 72.2 Å². The fourth-order valence-electron chi connectivity index (χ4n) is 2.60. The molecule has 3 N–H and O–H groups in total. The maximum atomic E-state index is 13.6. The number of nitrogens with two attached hydrogens (primary N) is 1. The molecule has 1 fully saturated rings. The second kappa shape index (κ2) is 7.49. The minimum Gasteiger partial charge on any atom is -0.330 e. The van der Waals surface area contributed by atoms with E-state index in [-0.39, 0.29) is 24.4 Å². The van der Waals surface area contributed by atoms with Crippen molar-refractivity contribution >= 4 is 22.4 Å². The molecule has 1 aromatic rings. The quantitative estimate of drug-likeness (QED) is 0.882. The predicted octanol–water partition coefficient (Wildman–Crippen LogP) is 2.18. The predicted molar refractivity (Wildman–Crippen MR) is 78.7 cm³/mol. The molecule has 4 nitrogen and oxygen atoms in total. The molecule has 0 heterocycles. The number of sulfonamides is 1. The summed E-state index contributed by atoms with van der Waals surface area (Å²) in [4.78, 5) is -0.528. The van der Waals surface area contributed by atoms with Gasteiger partial charge in [0, 0.05) is 12.1 Å². The van der Waals surface area contributed by atoms with E-state index in [1.165, 1.54) is 0 Å². The van der Waals surface area contributed by atoms with Gasteiger partial charge in [-0.15, -0.1) is 12.4 Å². The summed E-state index contributed by atoms with van der Waals surface area (Å²) in [7, 11) is -4.00. The largest absolute Gasteiger partial charge is 0.330 e. The van der Waals surface area contributed by atoms with Gasteiger partial charge in [-0.1, -0.05) is 12.8 Å². The SMILES string of the molecule is Cl.NCC1CCCCC1NS(=O)(=O)c1ccc(F)cc1F. The van der Waals surface area contributed by atoms with E-state index in [0.717, 1.165) is 31.4 Å². The molecule has 1 saturated carbocycles. The standard InChI is InChI=1S/C13H18F2N2O2S.ClH/c14-10-5-6-13(11(15)7-10)20(18,19)17-12-4-2-1-3-9(12)8-16;/h5-7,9,12,17H,1-4,8,16H2;1H. The first-order chi connectivity index (χ1) is 9.44. The first-order valence-corrected chi connectivity index (χ1v) is 8.10. The summed E-state index contributed by atoms with van der Waals surface area (Å²) in [5.41, 5.74) is 5.64. The van der Waals surface area contributed by atoms with E-state index in [2.05, 4.69) is 4.72 Å². The van der Waals surface area contributed by atoms with Gasteiger partial charge in [0.1, 0.15) is 16.5 Å². The van der Waals surface area contributed by atoms with Crippen molar-refractivity contribution in [3.05, 3.63) is 29.8 Å². The van der Waals surface area contributed by atoms with Crippen molar-refractivity contribution in [1.29, 1.82) is 0 Å². The third kappa shape index (κ3) is 4.35. The van der Waals surface area contributed by atoms with Crippen LogP contribution in [0.2, 0.25) is 0 Å². The molecule has 0 amide bonds. The first kappa shape index (κ1) is 18.3. The fourth-order valence-corrected chi connectivity index (χ4v) is 4.00. The van der Waals surface area contributed by atoms with Gasteiger partial charge < -0.3 is 5.73 Å². The molecule has 8 heteroatoms. The minimum absolute atomic E-state index is 0. The average molecular weight is 341 g/mol. The van der Waals surface area contributed by atoms with E-state index in [4.69, 9.17) is 5.73 Å². The second-order valence-electron chi connectivity index (χ2n) is 5.08. The molecule has 0 radical (unpaired) electrons. The zero-order valence-corrected chi connectivity index (χ0v) is 13.0. The molecule has 1 aromatic carbocycles. The zero-order chi connectivity index (χ0) is 14.8. The van der Waals surface area contributed by atoms with E-state index in [9.17, 15) is 17.2 Å². The van der Waals surface area contributed by atoms with Gasteiger partial charge in [0.05, 0.1) is 0 Å². The van der Waals surface area contributed by atoms with E-state index < -0.39 is 26.6 Å². The van der Waals surface area contributed by atoms with Gasteiger partial charge >= 0.3 is 0 Å². The van der Waals surface area contributed by atoms with Crippen LogP contribution in [0.5, 0.6) is 0 Å². The van der Waals surface area contributed by atoms with Gasteiger partial charge in [0.25, 0.3) is 0 Å². The molecule has 0 saturated heterocycles. The van der Waals surface area contributed by atoms with Crippen LogP contribution in [0.1, 0.15) is 25.7 Å². The van der Waals surface area contributed by atoms with Gasteiger partial charge in [-0.05, 0) is 37.4 Å². The van der Waals surface area contributed by atoms with Crippen molar-refractivity contribution in [1.82, 2.24) is 4.72 Å². The number of hydrogen-bond donors (Lipinski definition) is 2. The van der Waals surface area contributed by atoms with Gasteiger partial charge in [0.15, 0.2) is 0 Å². The Morgan fingerprint density at radius 3 is 2.52 bits per heavy atom. The van der Waals surface area contributed by atoms with Gasteiger partial charge in [-0.2, -0.15) is 0 Å². The Morgan fingerprint density at radius 1 is 1.24 bits per heavy atom. The van der Waals surface area contributed by atoms with E-state index in [1.54, 1.807) is 0 Å². The Morgan fingerprint density at radius 2 is 1.90 bits per heavy atom. The van der Waals surface area contributed by atoms with Crippen molar-refractivity contribution in [2.45, 2.75) is 36.6 Å². The highest BCUT2D eigenvalue weighted by molar-refractivity contribution is 7.89. The Bertz CT molecular complexity index is 584. The van der Waals surface area contributed by atoms with Crippen LogP contribution in [0.3, 0.4) is 0 Å². The molecule has 21 heavy (non-hydrogen) atoms. The van der Waals surface area contributed by atoms with Crippen LogP contribution < -0.4 is 10.5 Å². The maximum Gasteiger partial charge on any atom is 0.243 e. The zero-order valence-electron chi connectivity index (χ0n) is 11.4. The lowest BCUT2D eigenvalue weighted by Crippen LogP contribution is -2.44. The van der Waals surface area contributed by atoms with E-state index in [1.807, 2.05) is 0 Å². The maximum absolute atomic E-state index is 13.6. The lowest BCUT2D eigenvalue weighted by molar-refractivity contribution is 0.296. The van der Waals surface area contributed by atoms with E-state index >= 15 is 0 Å². The number of halogens is 3. The molecule has 1 aliphatic carbocycles. The van der Waals surface area contributed by atoms with Crippen molar-refractivity contribution in [3.8, 4) is 0 Å². The molecule has 0 bridgehead atoms. The number of benzene rings is 1. The molecule has 1 aliphatic rings. The van der Waals surface area contributed by atoms with Crippen LogP contribution in [-0.4, -0.2) is 21.0 Å². The molecule has 2 rings (SSSR count). The smallest absolute Gasteiger partial charge is 0.243 e. The molecule has 0 spiro atoms. The van der Waals surface area contributed by atoms with Crippen LogP contribution in [0.15, 0.2) is 23.1 Å². The summed E-state index contributed by atoms with van der Waals surface area (Å²) in [6, 6.07) is 2.14. The monoisotopic (exact) mass is 340 g/mol. The second-order valence-corrected chi connectivity index (χ2v) is 6.77. The third-order valence-corrected chi connectivity index (χ3v) is 5.22. The van der Waals surface area contributed by atoms with Crippen LogP contribution in [-0.2, 0) is 10.0 Å². The number of hydrogen-bond acceptors (Lipinski definition) is 3. The van der Waals surface area contributed by atoms with Gasteiger partial charge in [-0.3, -0.25) is 0 Å². The van der Waals surface area contributed by atoms with Gasteiger partial charge in [0.2, 0.25) is 10.0 Å². The molecule has 0 aliphatic heterocycles. The molecule has 2 unspecified atom stereocenters. The van der Waals surface area contributed by atoms with E-state index in [0.29, 0.717) is 19.0 Å². The van der Waals surface area contributed by atoms with Crippen LogP contribution in [0.4, 0.5) is 8.78 Å². The summed E-state index contributed by atoms with van der Waals surface area (Å²) in [5, 5.41) is 0. The molecule has 0 aromatic heterocycles. The van der Waals surface area contributed by atoms with Crippen molar-refractivity contribution < 1.29 is 17.2 Å². The lowest BCUT2D eigenvalue weighted by Gasteiger charge is -2.31. The Balaban J connectivity index is 0.00000220. The third-order valence-electron chi connectivity index (χ3n) is 3.70. The van der Waals surface area contributed by atoms with Crippen LogP contribution >= 0.6 is 12.4 Å². The summed E-state index contributed by atoms with van der Waals surface area (Å²) in [5.74, 6) is -1.83. The normalized spacial score (nSPS) is 22.6. The van der Waals surface area contributed by atoms with Gasteiger partial charge in [-0.25, -0.2) is 21.9 Å². The first-order valence-electron chi connectivity index (χ1n) is 6.61. The Hall–Kier alpha value is -0.760. The summed E-state index contributed by atoms with van der Waals surface area (Å²) < 4.78 is 53.3. The highest BCUT2D eigenvalue weighted by atomic mass is 35.5. The summed E-state index contributed by atoms with van der Waals surface area (Å²) >= 11 is 0. The van der Waals surface area contributed by atoms with Crippen molar-refractivity contribution in [2.24, 2.45) is 11.7 Å². The van der Waals surface area contributed by atoms with Crippen LogP contribution in [0, 0.1) is 17.6 Å². The minimum atomic E-state index is -4.00. The lowest BCUT2D eigenvalue weighted by atomic mass is 9.85. The summed E-state index contributed by atoms with van der Waals surface area (Å²) in [6.07, 6.45) is 3.47. The molecule has 2 atom stereocenters. The highest BCUT2D eigenvalue weighted by Crippen LogP contribution is 2.25. The fraction of sp³-hybridized carbons (Fsp3) is 0.538.